The summed E-state index contributed by atoms with van der Waals surface area (Å²) in [5.74, 6) is -1.19. The van der Waals surface area contributed by atoms with Gasteiger partial charge in [0, 0.05) is 41.4 Å². The molecule has 1 N–H and O–H groups in total. The number of aliphatic carboxylic acids is 1. The first-order chi connectivity index (χ1) is 10.5. The van der Waals surface area contributed by atoms with E-state index in [9.17, 15) is 9.59 Å². The number of hydrogen-bond acceptors (Lipinski definition) is 3. The van der Waals surface area contributed by atoms with Crippen LogP contribution in [0.5, 0.6) is 0 Å². The second kappa shape index (κ2) is 7.81. The summed E-state index contributed by atoms with van der Waals surface area (Å²) >= 11 is 11.9. The summed E-state index contributed by atoms with van der Waals surface area (Å²) in [6, 6.07) is 4.61. The monoisotopic (exact) mass is 345 g/mol. The van der Waals surface area contributed by atoms with Gasteiger partial charge in [-0.2, -0.15) is 0 Å². The van der Waals surface area contributed by atoms with Crippen molar-refractivity contribution in [1.29, 1.82) is 0 Å². The fourth-order valence-electron chi connectivity index (χ4n) is 2.51. The topological polar surface area (TPSA) is 66.8 Å². The van der Waals surface area contributed by atoms with Gasteiger partial charge in [-0.25, -0.2) is 0 Å². The van der Waals surface area contributed by atoms with Gasteiger partial charge >= 0.3 is 5.97 Å². The highest BCUT2D eigenvalue weighted by Crippen LogP contribution is 2.23. The lowest BCUT2D eigenvalue weighted by Gasteiger charge is -2.34. The number of ether oxygens (including phenoxy) is 1. The maximum Gasteiger partial charge on any atom is 0.305 e. The summed E-state index contributed by atoms with van der Waals surface area (Å²) in [5, 5.41) is 9.65. The van der Waals surface area contributed by atoms with Crippen LogP contribution in [0.25, 0.3) is 0 Å². The molecular formula is C15H17Cl2NO4. The van der Waals surface area contributed by atoms with E-state index in [1.54, 1.807) is 23.1 Å². The van der Waals surface area contributed by atoms with Gasteiger partial charge in [-0.05, 0) is 31.0 Å². The molecule has 1 aliphatic rings. The lowest BCUT2D eigenvalue weighted by Crippen LogP contribution is -2.44. The third-order valence-electron chi connectivity index (χ3n) is 3.57. The van der Waals surface area contributed by atoms with Crippen molar-refractivity contribution < 1.29 is 19.4 Å². The molecule has 5 nitrogen and oxygen atoms in total. The summed E-state index contributed by atoms with van der Waals surface area (Å²) in [7, 11) is 0. The molecule has 0 bridgehead atoms. The third kappa shape index (κ3) is 4.60. The number of nitrogens with zero attached hydrogens (tertiary/aromatic N) is 1. The number of carbonyl (C=O) groups excluding carboxylic acids is 1. The molecule has 1 aliphatic heterocycles. The van der Waals surface area contributed by atoms with Crippen molar-refractivity contribution in [3.8, 4) is 0 Å². The Labute approximate surface area is 138 Å². The number of benzene rings is 1. The summed E-state index contributed by atoms with van der Waals surface area (Å²) < 4.78 is 5.30. The summed E-state index contributed by atoms with van der Waals surface area (Å²) in [5.41, 5.74) is 0.370. The minimum atomic E-state index is -0.936. The quantitative estimate of drug-likeness (QED) is 0.890. The van der Waals surface area contributed by atoms with Crippen LogP contribution in [0.1, 0.15) is 29.6 Å². The Morgan fingerprint density at radius 2 is 1.77 bits per heavy atom. The molecule has 0 saturated carbocycles. The van der Waals surface area contributed by atoms with Gasteiger partial charge in [-0.15, -0.1) is 0 Å². The lowest BCUT2D eigenvalue weighted by molar-refractivity contribution is -0.137. The molecule has 1 amide bonds. The van der Waals surface area contributed by atoms with Gasteiger partial charge in [0.2, 0.25) is 0 Å². The second-order valence-electron chi connectivity index (χ2n) is 5.14. The molecule has 0 unspecified atom stereocenters. The molecule has 1 aromatic carbocycles. The molecule has 1 heterocycles. The van der Waals surface area contributed by atoms with E-state index in [0.717, 1.165) is 0 Å². The highest BCUT2D eigenvalue weighted by atomic mass is 35.5. The van der Waals surface area contributed by atoms with Crippen molar-refractivity contribution in [3.63, 3.8) is 0 Å². The standard InChI is InChI=1S/C15H17Cl2NO4/c16-11-7-10(8-12(17)9-11)15(21)18(4-1-14(19)20)13-2-5-22-6-3-13/h7-9,13H,1-6H2,(H,19,20). The van der Waals surface area contributed by atoms with Crippen LogP contribution in [-0.4, -0.2) is 47.7 Å². The van der Waals surface area contributed by atoms with Crippen LogP contribution in [0.2, 0.25) is 10.0 Å². The second-order valence-corrected chi connectivity index (χ2v) is 6.02. The zero-order chi connectivity index (χ0) is 16.1. The normalized spacial score (nSPS) is 15.5. The van der Waals surface area contributed by atoms with E-state index in [-0.39, 0.29) is 24.9 Å². The van der Waals surface area contributed by atoms with Crippen molar-refractivity contribution in [2.24, 2.45) is 0 Å². The van der Waals surface area contributed by atoms with Gasteiger partial charge in [-0.1, -0.05) is 23.2 Å². The zero-order valence-electron chi connectivity index (χ0n) is 11.9. The van der Waals surface area contributed by atoms with Crippen LogP contribution in [0, 0.1) is 0 Å². The molecule has 120 valence electrons. The van der Waals surface area contributed by atoms with Gasteiger partial charge in [-0.3, -0.25) is 9.59 Å². The molecule has 0 atom stereocenters. The minimum absolute atomic E-state index is 0.0293. The van der Waals surface area contributed by atoms with Crippen molar-refractivity contribution in [2.45, 2.75) is 25.3 Å². The van der Waals surface area contributed by atoms with Crippen LogP contribution in [0.4, 0.5) is 0 Å². The van der Waals surface area contributed by atoms with E-state index < -0.39 is 5.97 Å². The molecule has 1 saturated heterocycles. The number of carbonyl (C=O) groups is 2. The average molecular weight is 346 g/mol. The molecule has 0 spiro atoms. The maximum atomic E-state index is 12.7. The van der Waals surface area contributed by atoms with Crippen molar-refractivity contribution >= 4 is 35.1 Å². The molecule has 7 heteroatoms. The van der Waals surface area contributed by atoms with E-state index in [2.05, 4.69) is 0 Å². The SMILES string of the molecule is O=C(O)CCN(C(=O)c1cc(Cl)cc(Cl)c1)C1CCOCC1. The Kier molecular flexibility index (Phi) is 6.06. The summed E-state index contributed by atoms with van der Waals surface area (Å²) in [6.07, 6.45) is 1.29. The summed E-state index contributed by atoms with van der Waals surface area (Å²) in [6.45, 7) is 1.29. The van der Waals surface area contributed by atoms with Crippen LogP contribution in [0.15, 0.2) is 18.2 Å². The lowest BCUT2D eigenvalue weighted by atomic mass is 10.0. The molecule has 1 fully saturated rings. The van der Waals surface area contributed by atoms with E-state index >= 15 is 0 Å². The Bertz CT molecular complexity index is 538. The van der Waals surface area contributed by atoms with E-state index in [0.29, 0.717) is 41.7 Å². The van der Waals surface area contributed by atoms with E-state index in [1.807, 2.05) is 0 Å². The predicted molar refractivity (Wildman–Crippen MR) is 83.6 cm³/mol. The van der Waals surface area contributed by atoms with Crippen LogP contribution < -0.4 is 0 Å². The number of carboxylic acids is 1. The Balaban J connectivity index is 2.21. The molecule has 0 aromatic heterocycles. The zero-order valence-corrected chi connectivity index (χ0v) is 13.4. The van der Waals surface area contributed by atoms with E-state index in [1.165, 1.54) is 0 Å². The highest BCUT2D eigenvalue weighted by molar-refractivity contribution is 6.35. The smallest absolute Gasteiger partial charge is 0.305 e. The number of amides is 1. The van der Waals surface area contributed by atoms with Crippen molar-refractivity contribution in [2.75, 3.05) is 19.8 Å². The molecule has 0 aliphatic carbocycles. The van der Waals surface area contributed by atoms with Crippen LogP contribution in [0.3, 0.4) is 0 Å². The van der Waals surface area contributed by atoms with Gasteiger partial charge in [0.05, 0.1) is 6.42 Å². The molecule has 1 aromatic rings. The van der Waals surface area contributed by atoms with E-state index in [4.69, 9.17) is 33.0 Å². The van der Waals surface area contributed by atoms with Crippen LogP contribution in [-0.2, 0) is 9.53 Å². The molecule has 2 rings (SSSR count). The Morgan fingerprint density at radius 1 is 1.18 bits per heavy atom. The fraction of sp³-hybridized carbons (Fsp3) is 0.467. The number of halogens is 2. The minimum Gasteiger partial charge on any atom is -0.481 e. The summed E-state index contributed by atoms with van der Waals surface area (Å²) in [4.78, 5) is 25.2. The number of rotatable bonds is 5. The van der Waals surface area contributed by atoms with Crippen molar-refractivity contribution in [3.05, 3.63) is 33.8 Å². The largest absolute Gasteiger partial charge is 0.481 e. The highest BCUT2D eigenvalue weighted by Gasteiger charge is 2.27. The van der Waals surface area contributed by atoms with Gasteiger partial charge in [0.1, 0.15) is 0 Å². The molecular weight excluding hydrogens is 329 g/mol. The number of hydrogen-bond donors (Lipinski definition) is 1. The third-order valence-corrected chi connectivity index (χ3v) is 4.00. The number of carboxylic acid groups (broad SMARTS) is 1. The van der Waals surface area contributed by atoms with Gasteiger partial charge in [0.25, 0.3) is 5.91 Å². The van der Waals surface area contributed by atoms with Crippen LogP contribution >= 0.6 is 23.2 Å². The van der Waals surface area contributed by atoms with Gasteiger partial charge in [0.15, 0.2) is 0 Å². The first-order valence-corrected chi connectivity index (χ1v) is 7.79. The van der Waals surface area contributed by atoms with Crippen molar-refractivity contribution in [1.82, 2.24) is 4.90 Å². The maximum absolute atomic E-state index is 12.7. The fourth-order valence-corrected chi connectivity index (χ4v) is 3.03. The first kappa shape index (κ1) is 17.1. The first-order valence-electron chi connectivity index (χ1n) is 7.04. The Morgan fingerprint density at radius 3 is 2.32 bits per heavy atom. The van der Waals surface area contributed by atoms with Gasteiger partial charge < -0.3 is 14.7 Å². The molecule has 0 radical (unpaired) electrons. The molecule has 22 heavy (non-hydrogen) atoms. The Hall–Kier alpha value is -1.30. The predicted octanol–water partition coefficient (Wildman–Crippen LogP) is 3.09. The average Bonchev–Trinajstić information content (AvgIpc) is 2.47.